The molecule has 2 N–H and O–H groups in total. The van der Waals surface area contributed by atoms with Gasteiger partial charge in [-0.15, -0.1) is 0 Å². The number of carboxylic acids is 1. The Morgan fingerprint density at radius 1 is 1.20 bits per heavy atom. The lowest BCUT2D eigenvalue weighted by Crippen LogP contribution is -2.39. The number of carboxylic acid groups (broad SMARTS) is 1. The molecule has 1 aromatic carbocycles. The quantitative estimate of drug-likeness (QED) is 0.464. The number of rotatable bonds is 9. The average Bonchev–Trinajstić information content (AvgIpc) is 3.37. The van der Waals surface area contributed by atoms with Gasteiger partial charge in [0.25, 0.3) is 0 Å². The number of aromatic nitrogens is 2. The van der Waals surface area contributed by atoms with Crippen molar-refractivity contribution in [2.75, 3.05) is 6.54 Å². The Labute approximate surface area is 209 Å². The SMILES string of the molecule is CC1=C[C@@H](CNC(=O)CC2(CC(=O)O)CCCC2)[C@H](C(C)C)C[C@H]1Cc1nc2ccccc2n1C. The largest absolute Gasteiger partial charge is 0.481 e. The van der Waals surface area contributed by atoms with Gasteiger partial charge in [-0.2, -0.15) is 0 Å². The van der Waals surface area contributed by atoms with E-state index in [0.29, 0.717) is 36.6 Å². The van der Waals surface area contributed by atoms with Crippen LogP contribution in [0.4, 0.5) is 0 Å². The number of aliphatic carboxylic acids is 1. The Bertz CT molecular complexity index is 1090. The lowest BCUT2D eigenvalue weighted by molar-refractivity contribution is -0.140. The van der Waals surface area contributed by atoms with Crippen molar-refractivity contribution >= 4 is 22.9 Å². The van der Waals surface area contributed by atoms with Gasteiger partial charge < -0.3 is 15.0 Å². The molecule has 1 aromatic heterocycles. The molecular formula is C29H41N3O3. The van der Waals surface area contributed by atoms with Gasteiger partial charge in [0.05, 0.1) is 17.5 Å². The topological polar surface area (TPSA) is 84.2 Å². The van der Waals surface area contributed by atoms with Crippen LogP contribution >= 0.6 is 0 Å². The molecule has 1 fully saturated rings. The van der Waals surface area contributed by atoms with E-state index in [9.17, 15) is 14.7 Å². The number of hydrogen-bond acceptors (Lipinski definition) is 3. The molecular weight excluding hydrogens is 438 g/mol. The van der Waals surface area contributed by atoms with Crippen LogP contribution in [0, 0.1) is 29.1 Å². The molecule has 6 nitrogen and oxygen atoms in total. The fourth-order valence-electron chi connectivity index (χ4n) is 6.60. The maximum atomic E-state index is 12.9. The molecule has 0 unspecified atom stereocenters. The number of fused-ring (bicyclic) bond motifs is 1. The number of aryl methyl sites for hydroxylation is 1. The molecule has 6 heteroatoms. The molecule has 2 aliphatic carbocycles. The molecule has 190 valence electrons. The molecule has 0 spiro atoms. The fraction of sp³-hybridized carbons (Fsp3) is 0.621. The summed E-state index contributed by atoms with van der Waals surface area (Å²) in [6.07, 6.45) is 8.55. The molecule has 0 aliphatic heterocycles. The summed E-state index contributed by atoms with van der Waals surface area (Å²) in [7, 11) is 2.10. The van der Waals surface area contributed by atoms with Gasteiger partial charge in [0, 0.05) is 26.4 Å². The summed E-state index contributed by atoms with van der Waals surface area (Å²) in [5, 5.41) is 12.5. The van der Waals surface area contributed by atoms with Crippen LogP contribution in [-0.2, 0) is 23.1 Å². The zero-order valence-corrected chi connectivity index (χ0v) is 21.7. The molecule has 3 atom stereocenters. The lowest BCUT2D eigenvalue weighted by atomic mass is 9.69. The van der Waals surface area contributed by atoms with Crippen LogP contribution in [0.15, 0.2) is 35.9 Å². The van der Waals surface area contributed by atoms with Gasteiger partial charge in [-0.05, 0) is 67.4 Å². The van der Waals surface area contributed by atoms with Crippen molar-refractivity contribution in [1.29, 1.82) is 0 Å². The first-order valence-electron chi connectivity index (χ1n) is 13.2. The van der Waals surface area contributed by atoms with Crippen molar-refractivity contribution in [3.63, 3.8) is 0 Å². The van der Waals surface area contributed by atoms with Crippen LogP contribution in [0.2, 0.25) is 0 Å². The van der Waals surface area contributed by atoms with E-state index in [1.165, 1.54) is 11.1 Å². The number of imidazole rings is 1. The monoisotopic (exact) mass is 479 g/mol. The number of carbonyl (C=O) groups is 2. The number of amides is 1. The summed E-state index contributed by atoms with van der Waals surface area (Å²) >= 11 is 0. The molecule has 35 heavy (non-hydrogen) atoms. The molecule has 0 saturated heterocycles. The first kappa shape index (κ1) is 25.5. The molecule has 4 rings (SSSR count). The zero-order chi connectivity index (χ0) is 25.2. The predicted molar refractivity (Wildman–Crippen MR) is 139 cm³/mol. The van der Waals surface area contributed by atoms with Crippen LogP contribution in [0.25, 0.3) is 11.0 Å². The molecule has 0 radical (unpaired) electrons. The fourth-order valence-corrected chi connectivity index (χ4v) is 6.60. The smallest absolute Gasteiger partial charge is 0.303 e. The van der Waals surface area contributed by atoms with Crippen molar-refractivity contribution in [3.8, 4) is 0 Å². The summed E-state index contributed by atoms with van der Waals surface area (Å²) < 4.78 is 2.22. The van der Waals surface area contributed by atoms with E-state index >= 15 is 0 Å². The third kappa shape index (κ3) is 5.79. The summed E-state index contributed by atoms with van der Waals surface area (Å²) in [6, 6.07) is 8.29. The first-order valence-corrected chi connectivity index (χ1v) is 13.2. The van der Waals surface area contributed by atoms with Crippen molar-refractivity contribution in [1.82, 2.24) is 14.9 Å². The Kier molecular flexibility index (Phi) is 7.67. The predicted octanol–water partition coefficient (Wildman–Crippen LogP) is 5.51. The van der Waals surface area contributed by atoms with Crippen LogP contribution in [-0.4, -0.2) is 33.1 Å². The standard InChI is InChI=1S/C29H41N3O3/c1-19(2)23-14-21(15-26-31-24-9-5-6-10-25(24)32(26)4)20(3)13-22(23)18-30-27(33)16-29(17-28(34)35)11-7-8-12-29/h5-6,9-10,13,19,21-23H,7-8,11-12,14-18H2,1-4H3,(H,30,33)(H,34,35)/t21-,22-,23-/m0/s1. The number of hydrogen-bond donors (Lipinski definition) is 2. The number of nitrogens with zero attached hydrogens (tertiary/aromatic N) is 2. The van der Waals surface area contributed by atoms with Crippen molar-refractivity contribution in [2.24, 2.45) is 36.1 Å². The number of allylic oxidation sites excluding steroid dienone is 1. The summed E-state index contributed by atoms with van der Waals surface area (Å²) in [4.78, 5) is 29.2. The van der Waals surface area contributed by atoms with E-state index in [4.69, 9.17) is 4.98 Å². The van der Waals surface area contributed by atoms with Crippen molar-refractivity contribution in [2.45, 2.75) is 72.1 Å². The van der Waals surface area contributed by atoms with Gasteiger partial charge in [0.15, 0.2) is 0 Å². The Morgan fingerprint density at radius 2 is 1.91 bits per heavy atom. The van der Waals surface area contributed by atoms with Crippen LogP contribution in [0.5, 0.6) is 0 Å². The summed E-state index contributed by atoms with van der Waals surface area (Å²) in [6.45, 7) is 7.40. The van der Waals surface area contributed by atoms with Gasteiger partial charge in [0.2, 0.25) is 5.91 Å². The van der Waals surface area contributed by atoms with E-state index in [0.717, 1.165) is 49.9 Å². The minimum Gasteiger partial charge on any atom is -0.481 e. The van der Waals surface area contributed by atoms with Gasteiger partial charge in [-0.3, -0.25) is 9.59 Å². The van der Waals surface area contributed by atoms with Gasteiger partial charge in [0.1, 0.15) is 5.82 Å². The number of para-hydroxylation sites is 2. The highest BCUT2D eigenvalue weighted by Gasteiger charge is 2.38. The molecule has 2 aromatic rings. The maximum Gasteiger partial charge on any atom is 0.303 e. The average molecular weight is 480 g/mol. The maximum absolute atomic E-state index is 12.9. The van der Waals surface area contributed by atoms with Crippen LogP contribution in [0.1, 0.15) is 71.5 Å². The summed E-state index contributed by atoms with van der Waals surface area (Å²) in [5.74, 6) is 2.08. The second kappa shape index (κ2) is 10.5. The molecule has 1 saturated carbocycles. The zero-order valence-electron chi connectivity index (χ0n) is 21.7. The third-order valence-corrected chi connectivity index (χ3v) is 8.65. The molecule has 1 amide bonds. The number of nitrogens with one attached hydrogen (secondary N) is 1. The highest BCUT2D eigenvalue weighted by molar-refractivity contribution is 5.78. The molecule has 1 heterocycles. The van der Waals surface area contributed by atoms with E-state index in [-0.39, 0.29) is 17.7 Å². The van der Waals surface area contributed by atoms with Gasteiger partial charge >= 0.3 is 5.97 Å². The van der Waals surface area contributed by atoms with E-state index in [1.807, 2.05) is 6.07 Å². The molecule has 0 bridgehead atoms. The van der Waals surface area contributed by atoms with Crippen LogP contribution in [0.3, 0.4) is 0 Å². The van der Waals surface area contributed by atoms with Crippen molar-refractivity contribution in [3.05, 3.63) is 41.7 Å². The second-order valence-corrected chi connectivity index (χ2v) is 11.5. The van der Waals surface area contributed by atoms with Crippen molar-refractivity contribution < 1.29 is 14.7 Å². The van der Waals surface area contributed by atoms with E-state index in [1.54, 1.807) is 0 Å². The first-order chi connectivity index (χ1) is 16.7. The second-order valence-electron chi connectivity index (χ2n) is 11.5. The lowest BCUT2D eigenvalue weighted by Gasteiger charge is -2.37. The minimum atomic E-state index is -0.794. The Hall–Kier alpha value is -2.63. The third-order valence-electron chi connectivity index (χ3n) is 8.65. The highest BCUT2D eigenvalue weighted by Crippen LogP contribution is 2.44. The number of carbonyl (C=O) groups excluding carboxylic acids is 1. The van der Waals surface area contributed by atoms with Crippen LogP contribution < -0.4 is 5.32 Å². The van der Waals surface area contributed by atoms with Gasteiger partial charge in [-0.25, -0.2) is 4.98 Å². The summed E-state index contributed by atoms with van der Waals surface area (Å²) in [5.41, 5.74) is 3.24. The van der Waals surface area contributed by atoms with E-state index in [2.05, 4.69) is 62.0 Å². The normalized spacial score (nSPS) is 24.0. The Balaban J connectivity index is 1.42. The number of benzene rings is 1. The minimum absolute atomic E-state index is 0.00327. The van der Waals surface area contributed by atoms with E-state index < -0.39 is 5.97 Å². The van der Waals surface area contributed by atoms with Gasteiger partial charge in [-0.1, -0.05) is 50.5 Å². The Morgan fingerprint density at radius 3 is 2.57 bits per heavy atom. The highest BCUT2D eigenvalue weighted by atomic mass is 16.4. The molecule has 2 aliphatic rings.